The second kappa shape index (κ2) is 3.61. The molecule has 4 nitrogen and oxygen atoms in total. The summed E-state index contributed by atoms with van der Waals surface area (Å²) in [6.45, 7) is 8.78. The van der Waals surface area contributed by atoms with Gasteiger partial charge in [-0.2, -0.15) is 0 Å². The number of fused-ring (bicyclic) bond motifs is 1. The lowest BCUT2D eigenvalue weighted by molar-refractivity contribution is -0.129. The van der Waals surface area contributed by atoms with Crippen LogP contribution in [0.1, 0.15) is 44.8 Å². The van der Waals surface area contributed by atoms with Crippen molar-refractivity contribution in [2.75, 3.05) is 0 Å². The van der Waals surface area contributed by atoms with Crippen molar-refractivity contribution in [1.82, 2.24) is 14.9 Å². The van der Waals surface area contributed by atoms with Crippen LogP contribution in [0, 0.1) is 12.3 Å². The van der Waals surface area contributed by atoms with Gasteiger partial charge in [0, 0.05) is 23.9 Å². The SMILES string of the molecule is Cc1cnc2n1CCC2NC(=O)C(C)(C)C. The minimum atomic E-state index is -0.338. The van der Waals surface area contributed by atoms with E-state index in [1.165, 1.54) is 5.69 Å². The maximum Gasteiger partial charge on any atom is 0.225 e. The van der Waals surface area contributed by atoms with E-state index in [1.807, 2.05) is 33.9 Å². The Bertz CT molecular complexity index is 414. The second-order valence-corrected chi connectivity index (χ2v) is 5.47. The monoisotopic (exact) mass is 221 g/mol. The molecule has 2 rings (SSSR count). The Morgan fingerprint density at radius 1 is 1.56 bits per heavy atom. The third kappa shape index (κ3) is 1.84. The summed E-state index contributed by atoms with van der Waals surface area (Å²) in [6.07, 6.45) is 2.82. The summed E-state index contributed by atoms with van der Waals surface area (Å²) in [6, 6.07) is 0.0837. The van der Waals surface area contributed by atoms with E-state index in [1.54, 1.807) is 0 Å². The molecule has 1 aromatic rings. The second-order valence-electron chi connectivity index (χ2n) is 5.47. The van der Waals surface area contributed by atoms with Gasteiger partial charge in [0.1, 0.15) is 5.82 Å². The Kier molecular flexibility index (Phi) is 2.52. The maximum atomic E-state index is 11.9. The molecule has 1 aliphatic rings. The first-order valence-corrected chi connectivity index (χ1v) is 5.72. The van der Waals surface area contributed by atoms with E-state index in [0.29, 0.717) is 0 Å². The first kappa shape index (κ1) is 11.2. The summed E-state index contributed by atoms with van der Waals surface area (Å²) < 4.78 is 2.17. The van der Waals surface area contributed by atoms with Crippen LogP contribution in [0.15, 0.2) is 6.20 Å². The van der Waals surface area contributed by atoms with Crippen LogP contribution in [0.2, 0.25) is 0 Å². The smallest absolute Gasteiger partial charge is 0.225 e. The van der Waals surface area contributed by atoms with Gasteiger partial charge in [-0.15, -0.1) is 0 Å². The largest absolute Gasteiger partial charge is 0.346 e. The van der Waals surface area contributed by atoms with Crippen LogP contribution in [-0.4, -0.2) is 15.5 Å². The van der Waals surface area contributed by atoms with Gasteiger partial charge in [0.15, 0.2) is 0 Å². The highest BCUT2D eigenvalue weighted by Crippen LogP contribution is 2.27. The van der Waals surface area contributed by atoms with Crippen LogP contribution < -0.4 is 5.32 Å². The number of amides is 1. The first-order chi connectivity index (χ1) is 7.39. The van der Waals surface area contributed by atoms with E-state index in [2.05, 4.69) is 14.9 Å². The fourth-order valence-electron chi connectivity index (χ4n) is 1.95. The van der Waals surface area contributed by atoms with Crippen molar-refractivity contribution >= 4 is 5.91 Å². The number of rotatable bonds is 1. The molecule has 0 saturated heterocycles. The lowest BCUT2D eigenvalue weighted by atomic mass is 9.95. The molecule has 1 N–H and O–H groups in total. The number of aromatic nitrogens is 2. The van der Waals surface area contributed by atoms with Gasteiger partial charge in [-0.1, -0.05) is 20.8 Å². The lowest BCUT2D eigenvalue weighted by Crippen LogP contribution is -2.36. The van der Waals surface area contributed by atoms with Gasteiger partial charge in [0.05, 0.1) is 6.04 Å². The van der Waals surface area contributed by atoms with Crippen molar-refractivity contribution in [3.63, 3.8) is 0 Å². The molecule has 0 aromatic carbocycles. The molecule has 0 fully saturated rings. The first-order valence-electron chi connectivity index (χ1n) is 5.72. The number of nitrogens with one attached hydrogen (secondary N) is 1. The van der Waals surface area contributed by atoms with Gasteiger partial charge < -0.3 is 9.88 Å². The van der Waals surface area contributed by atoms with E-state index in [9.17, 15) is 4.79 Å². The zero-order valence-corrected chi connectivity index (χ0v) is 10.4. The number of nitrogens with zero attached hydrogens (tertiary/aromatic N) is 2. The van der Waals surface area contributed by atoms with Crippen LogP contribution >= 0.6 is 0 Å². The van der Waals surface area contributed by atoms with Crippen LogP contribution in [0.4, 0.5) is 0 Å². The molecule has 0 spiro atoms. The maximum absolute atomic E-state index is 11.9. The topological polar surface area (TPSA) is 46.9 Å². The van der Waals surface area contributed by atoms with Crippen molar-refractivity contribution < 1.29 is 4.79 Å². The molecule has 1 aromatic heterocycles. The molecule has 88 valence electrons. The molecule has 16 heavy (non-hydrogen) atoms. The van der Waals surface area contributed by atoms with Crippen LogP contribution in [-0.2, 0) is 11.3 Å². The lowest BCUT2D eigenvalue weighted by Gasteiger charge is -2.20. The summed E-state index contributed by atoms with van der Waals surface area (Å²) in [5, 5.41) is 3.07. The number of aryl methyl sites for hydroxylation is 1. The standard InChI is InChI=1S/C12H19N3O/c1-8-7-13-10-9(5-6-15(8)10)14-11(16)12(2,3)4/h7,9H,5-6H2,1-4H3,(H,14,16). The zero-order valence-electron chi connectivity index (χ0n) is 10.4. The van der Waals surface area contributed by atoms with E-state index >= 15 is 0 Å². The number of carbonyl (C=O) groups is 1. The number of carbonyl (C=O) groups excluding carboxylic acids is 1. The van der Waals surface area contributed by atoms with Crippen molar-refractivity contribution in [2.45, 2.75) is 46.7 Å². The number of hydrogen-bond acceptors (Lipinski definition) is 2. The normalized spacial score (nSPS) is 19.6. The van der Waals surface area contributed by atoms with Crippen molar-refractivity contribution in [3.05, 3.63) is 17.7 Å². The quantitative estimate of drug-likeness (QED) is 0.786. The van der Waals surface area contributed by atoms with Crippen molar-refractivity contribution in [3.8, 4) is 0 Å². The van der Waals surface area contributed by atoms with Gasteiger partial charge in [0.2, 0.25) is 5.91 Å². The molecule has 1 aliphatic heterocycles. The highest BCUT2D eigenvalue weighted by atomic mass is 16.2. The third-order valence-electron chi connectivity index (χ3n) is 3.03. The average molecular weight is 221 g/mol. The molecule has 0 saturated carbocycles. The minimum absolute atomic E-state index is 0.0837. The van der Waals surface area contributed by atoms with E-state index in [-0.39, 0.29) is 17.4 Å². The van der Waals surface area contributed by atoms with Gasteiger partial charge >= 0.3 is 0 Å². The van der Waals surface area contributed by atoms with Gasteiger partial charge in [0.25, 0.3) is 0 Å². The zero-order chi connectivity index (χ0) is 11.9. The average Bonchev–Trinajstić information content (AvgIpc) is 2.70. The Morgan fingerprint density at radius 2 is 2.25 bits per heavy atom. The molecular formula is C12H19N3O. The van der Waals surface area contributed by atoms with Crippen LogP contribution in [0.3, 0.4) is 0 Å². The van der Waals surface area contributed by atoms with E-state index in [4.69, 9.17) is 0 Å². The van der Waals surface area contributed by atoms with Gasteiger partial charge in [-0.05, 0) is 13.3 Å². The summed E-state index contributed by atoms with van der Waals surface area (Å²) in [7, 11) is 0. The number of hydrogen-bond donors (Lipinski definition) is 1. The Balaban J connectivity index is 2.12. The molecule has 1 unspecified atom stereocenters. The molecule has 1 atom stereocenters. The minimum Gasteiger partial charge on any atom is -0.346 e. The summed E-state index contributed by atoms with van der Waals surface area (Å²) >= 11 is 0. The predicted molar refractivity (Wildman–Crippen MR) is 61.9 cm³/mol. The molecule has 4 heteroatoms. The fourth-order valence-corrected chi connectivity index (χ4v) is 1.95. The molecular weight excluding hydrogens is 202 g/mol. The highest BCUT2D eigenvalue weighted by molar-refractivity contribution is 5.81. The fraction of sp³-hybridized carbons (Fsp3) is 0.667. The molecule has 2 heterocycles. The Labute approximate surface area is 96.1 Å². The van der Waals surface area contributed by atoms with Crippen molar-refractivity contribution in [1.29, 1.82) is 0 Å². The predicted octanol–water partition coefficient (Wildman–Crippen LogP) is 1.80. The van der Waals surface area contributed by atoms with Crippen LogP contribution in [0.5, 0.6) is 0 Å². The molecule has 0 bridgehead atoms. The highest BCUT2D eigenvalue weighted by Gasteiger charge is 2.30. The Morgan fingerprint density at radius 3 is 2.88 bits per heavy atom. The van der Waals surface area contributed by atoms with Crippen LogP contribution in [0.25, 0.3) is 0 Å². The summed E-state index contributed by atoms with van der Waals surface area (Å²) in [5.74, 6) is 1.08. The third-order valence-corrected chi connectivity index (χ3v) is 3.03. The summed E-state index contributed by atoms with van der Waals surface area (Å²) in [4.78, 5) is 16.3. The molecule has 0 radical (unpaired) electrons. The van der Waals surface area contributed by atoms with Crippen molar-refractivity contribution in [2.24, 2.45) is 5.41 Å². The van der Waals surface area contributed by atoms with E-state index in [0.717, 1.165) is 18.8 Å². The number of imidazole rings is 1. The Hall–Kier alpha value is -1.32. The molecule has 0 aliphatic carbocycles. The van der Waals surface area contributed by atoms with E-state index < -0.39 is 0 Å². The molecule has 1 amide bonds. The summed E-state index contributed by atoms with van der Waals surface area (Å²) in [5.41, 5.74) is 0.831. The van der Waals surface area contributed by atoms with Gasteiger partial charge in [-0.25, -0.2) is 4.98 Å². The van der Waals surface area contributed by atoms with Gasteiger partial charge in [-0.3, -0.25) is 4.79 Å².